The quantitative estimate of drug-likeness (QED) is 0.886. The van der Waals surface area contributed by atoms with Gasteiger partial charge in [-0.15, -0.1) is 0 Å². The van der Waals surface area contributed by atoms with Crippen molar-refractivity contribution in [3.63, 3.8) is 0 Å². The summed E-state index contributed by atoms with van der Waals surface area (Å²) in [6.45, 7) is 2.06. The minimum absolute atomic E-state index is 0.564. The Hall–Kier alpha value is -1.05. The lowest BCUT2D eigenvalue weighted by atomic mass is 10.1. The smallest absolute Gasteiger partial charge is 0.0992 e. The van der Waals surface area contributed by atoms with Gasteiger partial charge in [-0.1, -0.05) is 0 Å². The predicted molar refractivity (Wildman–Crippen MR) is 63.9 cm³/mol. The van der Waals surface area contributed by atoms with Crippen LogP contribution in [-0.4, -0.2) is 26.2 Å². The van der Waals surface area contributed by atoms with Crippen LogP contribution in [0.15, 0.2) is 22.7 Å². The molecule has 0 bridgehead atoms. The molecule has 0 saturated carbocycles. The number of likely N-dealkylation sites (N-methyl/N-ethyl adjacent to an activating group) is 1. The van der Waals surface area contributed by atoms with Crippen molar-refractivity contribution in [1.82, 2.24) is 5.32 Å². The number of nitrogens with zero attached hydrogens (tertiary/aromatic N) is 2. The van der Waals surface area contributed by atoms with Crippen LogP contribution in [0.5, 0.6) is 0 Å². The zero-order chi connectivity index (χ0) is 10.8. The zero-order valence-corrected chi connectivity index (χ0v) is 10.1. The molecule has 0 aliphatic carbocycles. The molecule has 15 heavy (non-hydrogen) atoms. The van der Waals surface area contributed by atoms with E-state index in [1.54, 1.807) is 0 Å². The summed E-state index contributed by atoms with van der Waals surface area (Å²) in [5.41, 5.74) is 1.83. The summed E-state index contributed by atoms with van der Waals surface area (Å²) in [6.07, 6.45) is 0. The topological polar surface area (TPSA) is 39.1 Å². The average Bonchev–Trinajstić information content (AvgIpc) is 2.14. The van der Waals surface area contributed by atoms with E-state index < -0.39 is 0 Å². The first-order chi connectivity index (χ1) is 7.22. The Labute approximate surface area is 97.8 Å². The molecule has 0 radical (unpaired) electrons. The van der Waals surface area contributed by atoms with E-state index >= 15 is 0 Å². The molecule has 0 spiro atoms. The largest absolute Gasteiger partial charge is 0.368 e. The lowest BCUT2D eigenvalue weighted by molar-refractivity contribution is 0.428. The fourth-order valence-electron chi connectivity index (χ4n) is 1.61. The van der Waals surface area contributed by atoms with Gasteiger partial charge in [-0.2, -0.15) is 5.26 Å². The third kappa shape index (κ3) is 1.99. The molecule has 78 valence electrons. The maximum atomic E-state index is 8.76. The molecule has 1 heterocycles. The summed E-state index contributed by atoms with van der Waals surface area (Å²) < 4.78 is 0.982. The van der Waals surface area contributed by atoms with Crippen molar-refractivity contribution in [3.8, 4) is 6.07 Å². The highest BCUT2D eigenvalue weighted by atomic mass is 79.9. The van der Waals surface area contributed by atoms with Crippen molar-refractivity contribution in [2.75, 3.05) is 25.0 Å². The summed E-state index contributed by atoms with van der Waals surface area (Å²) in [6, 6.07) is 8.39. The van der Waals surface area contributed by atoms with Crippen LogP contribution in [-0.2, 0) is 0 Å². The van der Waals surface area contributed by atoms with E-state index in [-0.39, 0.29) is 0 Å². The first-order valence-corrected chi connectivity index (χ1v) is 5.65. The zero-order valence-electron chi connectivity index (χ0n) is 8.50. The molecule has 1 aromatic rings. The standard InChI is InChI=1S/C11H12BrN3/c1-15(9-6-14-7-9)11-3-2-8(5-13)4-10(11)12/h2-4,9,14H,6-7H2,1H3. The Morgan fingerprint density at radius 1 is 1.53 bits per heavy atom. The molecule has 3 nitrogen and oxygen atoms in total. The molecule has 0 amide bonds. The molecule has 2 rings (SSSR count). The minimum atomic E-state index is 0.564. The molecule has 1 N–H and O–H groups in total. The van der Waals surface area contributed by atoms with Gasteiger partial charge in [0.1, 0.15) is 0 Å². The Morgan fingerprint density at radius 2 is 2.27 bits per heavy atom. The van der Waals surface area contributed by atoms with Gasteiger partial charge in [0.2, 0.25) is 0 Å². The van der Waals surface area contributed by atoms with Crippen molar-refractivity contribution in [2.45, 2.75) is 6.04 Å². The maximum absolute atomic E-state index is 8.76. The van der Waals surface area contributed by atoms with Gasteiger partial charge in [0.15, 0.2) is 0 Å². The van der Waals surface area contributed by atoms with Crippen LogP contribution in [0.3, 0.4) is 0 Å². The van der Waals surface area contributed by atoms with Crippen LogP contribution in [0.4, 0.5) is 5.69 Å². The number of hydrogen-bond acceptors (Lipinski definition) is 3. The molecule has 1 aliphatic heterocycles. The third-order valence-corrected chi connectivity index (χ3v) is 3.40. The summed E-state index contributed by atoms with van der Waals surface area (Å²) in [7, 11) is 2.08. The van der Waals surface area contributed by atoms with Crippen molar-refractivity contribution in [3.05, 3.63) is 28.2 Å². The van der Waals surface area contributed by atoms with Gasteiger partial charge in [0.25, 0.3) is 0 Å². The van der Waals surface area contributed by atoms with Crippen LogP contribution >= 0.6 is 15.9 Å². The van der Waals surface area contributed by atoms with E-state index in [2.05, 4.69) is 39.3 Å². The molecule has 0 atom stereocenters. The van der Waals surface area contributed by atoms with Gasteiger partial charge in [-0.25, -0.2) is 0 Å². The number of nitrogens with one attached hydrogen (secondary N) is 1. The van der Waals surface area contributed by atoms with Gasteiger partial charge >= 0.3 is 0 Å². The molecular weight excluding hydrogens is 254 g/mol. The fourth-order valence-corrected chi connectivity index (χ4v) is 2.26. The van der Waals surface area contributed by atoms with Crippen molar-refractivity contribution >= 4 is 21.6 Å². The molecule has 0 aromatic heterocycles. The molecule has 1 saturated heterocycles. The van der Waals surface area contributed by atoms with Crippen molar-refractivity contribution < 1.29 is 0 Å². The van der Waals surface area contributed by atoms with E-state index in [1.165, 1.54) is 0 Å². The van der Waals surface area contributed by atoms with Crippen molar-refractivity contribution in [2.24, 2.45) is 0 Å². The van der Waals surface area contributed by atoms with E-state index in [0.717, 1.165) is 23.2 Å². The summed E-state index contributed by atoms with van der Waals surface area (Å²) in [5, 5.41) is 12.0. The number of rotatable bonds is 2. The lowest BCUT2D eigenvalue weighted by Crippen LogP contribution is -2.56. The monoisotopic (exact) mass is 265 g/mol. The lowest BCUT2D eigenvalue weighted by Gasteiger charge is -2.37. The van der Waals surface area contributed by atoms with Crippen LogP contribution in [0.2, 0.25) is 0 Å². The van der Waals surface area contributed by atoms with E-state index in [9.17, 15) is 0 Å². The van der Waals surface area contributed by atoms with Gasteiger partial charge in [0.05, 0.1) is 23.4 Å². The number of hydrogen-bond donors (Lipinski definition) is 1. The first kappa shape index (κ1) is 10.5. The molecule has 1 aliphatic rings. The molecule has 1 fully saturated rings. The maximum Gasteiger partial charge on any atom is 0.0992 e. The predicted octanol–water partition coefficient (Wildman–Crippen LogP) is 1.73. The Kier molecular flexibility index (Phi) is 2.94. The van der Waals surface area contributed by atoms with Crippen LogP contribution in [0.25, 0.3) is 0 Å². The number of anilines is 1. The number of benzene rings is 1. The Morgan fingerprint density at radius 3 is 2.73 bits per heavy atom. The number of halogens is 1. The van der Waals surface area contributed by atoms with Gasteiger partial charge in [-0.05, 0) is 34.1 Å². The second-order valence-corrected chi connectivity index (χ2v) is 4.56. The minimum Gasteiger partial charge on any atom is -0.368 e. The highest BCUT2D eigenvalue weighted by Crippen LogP contribution is 2.28. The number of nitriles is 1. The SMILES string of the molecule is CN(c1ccc(C#N)cc1Br)C1CNC1. The molecule has 0 unspecified atom stereocenters. The van der Waals surface area contributed by atoms with Crippen LogP contribution in [0.1, 0.15) is 5.56 Å². The van der Waals surface area contributed by atoms with Crippen LogP contribution in [0, 0.1) is 11.3 Å². The van der Waals surface area contributed by atoms with E-state index in [0.29, 0.717) is 11.6 Å². The van der Waals surface area contributed by atoms with E-state index in [4.69, 9.17) is 5.26 Å². The van der Waals surface area contributed by atoms with Crippen LogP contribution < -0.4 is 10.2 Å². The average molecular weight is 266 g/mol. The summed E-state index contributed by atoms with van der Waals surface area (Å²) in [5.74, 6) is 0. The Bertz CT molecular complexity index is 407. The second-order valence-electron chi connectivity index (χ2n) is 3.70. The normalized spacial score (nSPS) is 15.5. The molecule has 1 aromatic carbocycles. The third-order valence-electron chi connectivity index (χ3n) is 2.76. The van der Waals surface area contributed by atoms with Gasteiger partial charge in [-0.3, -0.25) is 0 Å². The van der Waals surface area contributed by atoms with Crippen molar-refractivity contribution in [1.29, 1.82) is 5.26 Å². The fraction of sp³-hybridized carbons (Fsp3) is 0.364. The van der Waals surface area contributed by atoms with Gasteiger partial charge < -0.3 is 10.2 Å². The van der Waals surface area contributed by atoms with Gasteiger partial charge in [0, 0.05) is 24.6 Å². The summed E-state index contributed by atoms with van der Waals surface area (Å²) in [4.78, 5) is 2.24. The highest BCUT2D eigenvalue weighted by molar-refractivity contribution is 9.10. The molecular formula is C11H12BrN3. The highest BCUT2D eigenvalue weighted by Gasteiger charge is 2.22. The second kappa shape index (κ2) is 4.21. The molecule has 4 heteroatoms. The summed E-state index contributed by atoms with van der Waals surface area (Å²) >= 11 is 3.50. The van der Waals surface area contributed by atoms with E-state index in [1.807, 2.05) is 18.2 Å². The Balaban J connectivity index is 2.24. The first-order valence-electron chi connectivity index (χ1n) is 4.85.